The van der Waals surface area contributed by atoms with E-state index in [1.54, 1.807) is 23.1 Å². The van der Waals surface area contributed by atoms with Crippen LogP contribution >= 0.6 is 0 Å². The molecular weight excluding hydrogens is 231 g/mol. The second kappa shape index (κ2) is 4.69. The topological polar surface area (TPSA) is 32.3 Å². The first-order chi connectivity index (χ1) is 8.75. The lowest BCUT2D eigenvalue weighted by Gasteiger charge is -2.34. The molecule has 1 N–H and O–H groups in total. The third kappa shape index (κ3) is 2.01. The SMILES string of the molecule is O=C(c1ccccc1F)N1CCC2NCCC2C1. The largest absolute Gasteiger partial charge is 0.338 e. The van der Waals surface area contributed by atoms with Crippen LogP contribution in [0.25, 0.3) is 0 Å². The van der Waals surface area contributed by atoms with Crippen LogP contribution in [0.4, 0.5) is 4.39 Å². The second-order valence-corrected chi connectivity index (χ2v) is 5.13. The number of halogens is 1. The molecule has 96 valence electrons. The zero-order chi connectivity index (χ0) is 12.5. The molecule has 3 rings (SSSR count). The number of hydrogen-bond acceptors (Lipinski definition) is 2. The Bertz CT molecular complexity index is 463. The summed E-state index contributed by atoms with van der Waals surface area (Å²) in [5.41, 5.74) is 0.196. The predicted octanol–water partition coefficient (Wildman–Crippen LogP) is 1.65. The minimum Gasteiger partial charge on any atom is -0.338 e. The summed E-state index contributed by atoms with van der Waals surface area (Å²) in [4.78, 5) is 14.1. The zero-order valence-corrected chi connectivity index (χ0v) is 10.2. The third-order valence-electron chi connectivity index (χ3n) is 4.05. The van der Waals surface area contributed by atoms with E-state index in [1.165, 1.54) is 6.07 Å². The molecule has 2 fully saturated rings. The molecule has 0 spiro atoms. The predicted molar refractivity (Wildman–Crippen MR) is 66.8 cm³/mol. The lowest BCUT2D eigenvalue weighted by Crippen LogP contribution is -2.47. The summed E-state index contributed by atoms with van der Waals surface area (Å²) in [6.45, 7) is 2.52. The molecule has 3 nitrogen and oxygen atoms in total. The van der Waals surface area contributed by atoms with Gasteiger partial charge in [0, 0.05) is 19.1 Å². The smallest absolute Gasteiger partial charge is 0.256 e. The van der Waals surface area contributed by atoms with Crippen LogP contribution in [0.5, 0.6) is 0 Å². The maximum atomic E-state index is 13.6. The molecule has 2 aliphatic heterocycles. The number of likely N-dealkylation sites (tertiary alicyclic amines) is 1. The van der Waals surface area contributed by atoms with Crippen molar-refractivity contribution in [3.8, 4) is 0 Å². The van der Waals surface area contributed by atoms with Gasteiger partial charge in [-0.3, -0.25) is 4.79 Å². The van der Waals surface area contributed by atoms with Gasteiger partial charge in [-0.05, 0) is 37.4 Å². The Kier molecular flexibility index (Phi) is 3.04. The van der Waals surface area contributed by atoms with Crippen molar-refractivity contribution in [2.75, 3.05) is 19.6 Å². The van der Waals surface area contributed by atoms with E-state index in [9.17, 15) is 9.18 Å². The molecule has 0 saturated carbocycles. The molecule has 2 aliphatic rings. The van der Waals surface area contributed by atoms with Gasteiger partial charge in [-0.1, -0.05) is 12.1 Å². The number of rotatable bonds is 1. The van der Waals surface area contributed by atoms with Crippen LogP contribution in [0, 0.1) is 11.7 Å². The van der Waals surface area contributed by atoms with E-state index >= 15 is 0 Å². The first kappa shape index (κ1) is 11.7. The second-order valence-electron chi connectivity index (χ2n) is 5.13. The van der Waals surface area contributed by atoms with Crippen molar-refractivity contribution < 1.29 is 9.18 Å². The van der Waals surface area contributed by atoms with Gasteiger partial charge in [-0.25, -0.2) is 4.39 Å². The minimum atomic E-state index is -0.422. The molecule has 2 unspecified atom stereocenters. The van der Waals surface area contributed by atoms with Crippen LogP contribution < -0.4 is 5.32 Å². The van der Waals surface area contributed by atoms with E-state index in [0.29, 0.717) is 12.0 Å². The molecule has 2 saturated heterocycles. The fourth-order valence-corrected chi connectivity index (χ4v) is 3.04. The van der Waals surface area contributed by atoms with Gasteiger partial charge in [0.1, 0.15) is 5.82 Å². The lowest BCUT2D eigenvalue weighted by molar-refractivity contribution is 0.0657. The fourth-order valence-electron chi connectivity index (χ4n) is 3.04. The van der Waals surface area contributed by atoms with E-state index in [4.69, 9.17) is 0 Å². The Hall–Kier alpha value is -1.42. The van der Waals surface area contributed by atoms with Crippen molar-refractivity contribution >= 4 is 5.91 Å². The van der Waals surface area contributed by atoms with Crippen molar-refractivity contribution in [3.05, 3.63) is 35.6 Å². The first-order valence-corrected chi connectivity index (χ1v) is 6.53. The van der Waals surface area contributed by atoms with Gasteiger partial charge >= 0.3 is 0 Å². The normalized spacial score (nSPS) is 27.1. The van der Waals surface area contributed by atoms with Gasteiger partial charge < -0.3 is 10.2 Å². The van der Waals surface area contributed by atoms with Gasteiger partial charge in [0.2, 0.25) is 0 Å². The van der Waals surface area contributed by atoms with Gasteiger partial charge in [-0.15, -0.1) is 0 Å². The van der Waals surface area contributed by atoms with E-state index in [0.717, 1.165) is 32.5 Å². The minimum absolute atomic E-state index is 0.168. The summed E-state index contributed by atoms with van der Waals surface area (Å²) in [5, 5.41) is 3.46. The molecule has 2 heterocycles. The van der Waals surface area contributed by atoms with Crippen molar-refractivity contribution in [2.45, 2.75) is 18.9 Å². The monoisotopic (exact) mass is 248 g/mol. The molecule has 0 radical (unpaired) electrons. The first-order valence-electron chi connectivity index (χ1n) is 6.53. The van der Waals surface area contributed by atoms with E-state index in [1.807, 2.05) is 0 Å². The van der Waals surface area contributed by atoms with E-state index < -0.39 is 5.82 Å². The molecule has 1 amide bonds. The highest BCUT2D eigenvalue weighted by atomic mass is 19.1. The zero-order valence-electron chi connectivity index (χ0n) is 10.2. The van der Waals surface area contributed by atoms with Crippen LogP contribution in [0.3, 0.4) is 0 Å². The number of amides is 1. The third-order valence-corrected chi connectivity index (χ3v) is 4.05. The summed E-state index contributed by atoms with van der Waals surface area (Å²) in [6.07, 6.45) is 2.09. The average Bonchev–Trinajstić information content (AvgIpc) is 2.85. The summed E-state index contributed by atoms with van der Waals surface area (Å²) in [7, 11) is 0. The number of fused-ring (bicyclic) bond motifs is 1. The van der Waals surface area contributed by atoms with Crippen LogP contribution in [0.2, 0.25) is 0 Å². The summed E-state index contributed by atoms with van der Waals surface area (Å²) < 4.78 is 13.6. The Morgan fingerprint density at radius 1 is 1.33 bits per heavy atom. The van der Waals surface area contributed by atoms with Crippen molar-refractivity contribution in [2.24, 2.45) is 5.92 Å². The molecular formula is C14H17FN2O. The van der Waals surface area contributed by atoms with Crippen molar-refractivity contribution in [1.29, 1.82) is 0 Å². The highest BCUT2D eigenvalue weighted by molar-refractivity contribution is 5.94. The summed E-state index contributed by atoms with van der Waals surface area (Å²) >= 11 is 0. The van der Waals surface area contributed by atoms with Crippen LogP contribution in [0.1, 0.15) is 23.2 Å². The molecule has 0 aliphatic carbocycles. The molecule has 1 aromatic rings. The Labute approximate surface area is 106 Å². The average molecular weight is 248 g/mol. The van der Waals surface area contributed by atoms with Gasteiger partial charge in [0.15, 0.2) is 0 Å². The van der Waals surface area contributed by atoms with Crippen LogP contribution in [0.15, 0.2) is 24.3 Å². The van der Waals surface area contributed by atoms with E-state index in [-0.39, 0.29) is 11.5 Å². The number of nitrogens with one attached hydrogen (secondary N) is 1. The number of hydrogen-bond donors (Lipinski definition) is 1. The molecule has 4 heteroatoms. The highest BCUT2D eigenvalue weighted by Gasteiger charge is 2.34. The van der Waals surface area contributed by atoms with E-state index in [2.05, 4.69) is 5.32 Å². The number of carbonyl (C=O) groups excluding carboxylic acids is 1. The van der Waals surface area contributed by atoms with Crippen molar-refractivity contribution in [3.63, 3.8) is 0 Å². The molecule has 2 atom stereocenters. The maximum Gasteiger partial charge on any atom is 0.256 e. The van der Waals surface area contributed by atoms with Gasteiger partial charge in [-0.2, -0.15) is 0 Å². The summed E-state index contributed by atoms with van der Waals surface area (Å²) in [5.74, 6) is -0.0536. The lowest BCUT2D eigenvalue weighted by atomic mass is 9.93. The maximum absolute atomic E-state index is 13.6. The Morgan fingerprint density at radius 3 is 3.00 bits per heavy atom. The van der Waals surface area contributed by atoms with Crippen molar-refractivity contribution in [1.82, 2.24) is 10.2 Å². The summed E-state index contributed by atoms with van der Waals surface area (Å²) in [6, 6.07) is 6.78. The number of piperidine rings is 1. The number of carbonyl (C=O) groups is 1. The fraction of sp³-hybridized carbons (Fsp3) is 0.500. The quantitative estimate of drug-likeness (QED) is 0.819. The highest BCUT2D eigenvalue weighted by Crippen LogP contribution is 2.25. The van der Waals surface area contributed by atoms with Gasteiger partial charge in [0.05, 0.1) is 5.56 Å². The molecule has 1 aromatic carbocycles. The molecule has 18 heavy (non-hydrogen) atoms. The number of nitrogens with zero attached hydrogens (tertiary/aromatic N) is 1. The standard InChI is InChI=1S/C14H17FN2O/c15-12-4-2-1-3-11(12)14(18)17-8-6-13-10(9-17)5-7-16-13/h1-4,10,13,16H,5-9H2. The van der Waals surface area contributed by atoms with Gasteiger partial charge in [0.25, 0.3) is 5.91 Å². The van der Waals surface area contributed by atoms with Crippen LogP contribution in [-0.4, -0.2) is 36.5 Å². The molecule has 0 aromatic heterocycles. The Morgan fingerprint density at radius 2 is 2.17 bits per heavy atom. The van der Waals surface area contributed by atoms with Crippen LogP contribution in [-0.2, 0) is 0 Å². The Balaban J connectivity index is 1.75. The number of benzene rings is 1. The molecule has 0 bridgehead atoms.